The third-order valence-electron chi connectivity index (χ3n) is 7.54. The number of aryl methyl sites for hydroxylation is 1. The number of carbonyl (C=O) groups excluding carboxylic acids is 1. The molecule has 12 nitrogen and oxygen atoms in total. The number of nitrogens with one attached hydrogen (secondary N) is 1. The van der Waals surface area contributed by atoms with Gasteiger partial charge in [0.05, 0.1) is 58.1 Å². The Hall–Kier alpha value is -4.95. The van der Waals surface area contributed by atoms with E-state index in [2.05, 4.69) is 25.3 Å². The molecular weight excluding hydrogens is 627 g/mol. The summed E-state index contributed by atoms with van der Waals surface area (Å²) in [6.07, 6.45) is 1.10. The number of thiazole rings is 1. The van der Waals surface area contributed by atoms with Gasteiger partial charge in [0.25, 0.3) is 5.91 Å². The van der Waals surface area contributed by atoms with Crippen LogP contribution in [0.25, 0.3) is 31.8 Å². The molecule has 14 heteroatoms. The average molecular weight is 663 g/mol. The summed E-state index contributed by atoms with van der Waals surface area (Å²) in [6, 6.07) is 8.80. The van der Waals surface area contributed by atoms with Crippen LogP contribution in [0, 0.1) is 12.7 Å². The van der Waals surface area contributed by atoms with E-state index in [0.717, 1.165) is 16.0 Å². The molecule has 0 aliphatic carbocycles. The lowest BCUT2D eigenvalue weighted by molar-refractivity contribution is 0.0692. The second-order valence-electron chi connectivity index (χ2n) is 11.8. The maximum Gasteiger partial charge on any atom is 0.412 e. The minimum absolute atomic E-state index is 0.0489. The largest absolute Gasteiger partial charge is 0.485 e. The number of carbonyl (C=O) groups is 2. The van der Waals surface area contributed by atoms with Crippen LogP contribution >= 0.6 is 11.3 Å². The van der Waals surface area contributed by atoms with Gasteiger partial charge >= 0.3 is 6.09 Å². The summed E-state index contributed by atoms with van der Waals surface area (Å²) in [7, 11) is 1.52. The van der Waals surface area contributed by atoms with Gasteiger partial charge in [0.2, 0.25) is 5.88 Å². The molecule has 0 radical (unpaired) electrons. The number of methoxy groups -OCH3 is 1. The van der Waals surface area contributed by atoms with E-state index in [0.29, 0.717) is 38.6 Å². The molecule has 2 amide bonds. The van der Waals surface area contributed by atoms with Crippen molar-refractivity contribution >= 4 is 50.3 Å². The summed E-state index contributed by atoms with van der Waals surface area (Å²) >= 11 is 1.35. The fraction of sp³-hybridized carbons (Fsp3) is 0.333. The summed E-state index contributed by atoms with van der Waals surface area (Å²) in [6.45, 7) is 8.75. The Kier molecular flexibility index (Phi) is 9.54. The first-order valence-corrected chi connectivity index (χ1v) is 15.6. The summed E-state index contributed by atoms with van der Waals surface area (Å²) < 4.78 is 27.2. The minimum Gasteiger partial charge on any atom is -0.485 e. The molecule has 0 fully saturated rings. The van der Waals surface area contributed by atoms with Gasteiger partial charge in [0, 0.05) is 24.2 Å². The molecule has 3 heterocycles. The number of rotatable bonds is 11. The first-order chi connectivity index (χ1) is 22.2. The molecule has 3 N–H and O–H groups in total. The zero-order chi connectivity index (χ0) is 34.0. The number of nitrogens with zero attached hydrogens (tertiary/aromatic N) is 5. The molecule has 0 saturated carbocycles. The highest BCUT2D eigenvalue weighted by Crippen LogP contribution is 2.37. The van der Waals surface area contributed by atoms with Gasteiger partial charge in [0.1, 0.15) is 16.8 Å². The van der Waals surface area contributed by atoms with Gasteiger partial charge in [-0.1, -0.05) is 0 Å². The molecule has 0 aliphatic rings. The van der Waals surface area contributed by atoms with E-state index in [4.69, 9.17) is 9.47 Å². The lowest BCUT2D eigenvalue weighted by Crippen LogP contribution is -2.46. The third-order valence-corrected chi connectivity index (χ3v) is 8.59. The van der Waals surface area contributed by atoms with Crippen molar-refractivity contribution in [1.29, 1.82) is 0 Å². The molecule has 2 aromatic carbocycles. The van der Waals surface area contributed by atoms with E-state index in [-0.39, 0.29) is 23.7 Å². The van der Waals surface area contributed by atoms with Crippen LogP contribution in [0.1, 0.15) is 50.2 Å². The number of aliphatic hydroxyl groups is 1. The van der Waals surface area contributed by atoms with Gasteiger partial charge in [-0.15, -0.1) is 11.3 Å². The minimum atomic E-state index is -1.27. The first-order valence-electron chi connectivity index (χ1n) is 14.8. The van der Waals surface area contributed by atoms with Crippen molar-refractivity contribution < 1.29 is 33.7 Å². The first kappa shape index (κ1) is 33.4. The van der Waals surface area contributed by atoms with Crippen molar-refractivity contribution in [3.8, 4) is 22.2 Å². The molecule has 0 bridgehead atoms. The lowest BCUT2D eigenvalue weighted by atomic mass is 10.1. The highest BCUT2D eigenvalue weighted by Gasteiger charge is 2.29. The smallest absolute Gasteiger partial charge is 0.412 e. The van der Waals surface area contributed by atoms with Crippen molar-refractivity contribution in [2.24, 2.45) is 0 Å². The normalized spacial score (nSPS) is 12.9. The van der Waals surface area contributed by atoms with E-state index in [1.807, 2.05) is 19.1 Å². The Morgan fingerprint density at radius 1 is 1.09 bits per heavy atom. The van der Waals surface area contributed by atoms with Gasteiger partial charge in [-0.25, -0.2) is 29.1 Å². The second kappa shape index (κ2) is 13.4. The van der Waals surface area contributed by atoms with E-state index < -0.39 is 35.6 Å². The van der Waals surface area contributed by atoms with Crippen LogP contribution < -0.4 is 19.7 Å². The monoisotopic (exact) mass is 662 g/mol. The number of pyridine rings is 1. The lowest BCUT2D eigenvalue weighted by Gasteiger charge is -2.31. The van der Waals surface area contributed by atoms with Crippen molar-refractivity contribution in [1.82, 2.24) is 25.3 Å². The molecule has 0 aliphatic heterocycles. The average Bonchev–Trinajstić information content (AvgIpc) is 3.42. The van der Waals surface area contributed by atoms with Crippen molar-refractivity contribution in [2.45, 2.75) is 58.8 Å². The summed E-state index contributed by atoms with van der Waals surface area (Å²) in [5.74, 6) is -0.752. The number of carboxylic acid groups (broad SMARTS) is 1. The Labute approximate surface area is 274 Å². The zero-order valence-electron chi connectivity index (χ0n) is 26.7. The quantitative estimate of drug-likeness (QED) is 0.153. The number of hydrogen-bond donors (Lipinski definition) is 3. The number of benzene rings is 2. The summed E-state index contributed by atoms with van der Waals surface area (Å²) in [5, 5.41) is 23.2. The molecule has 0 spiro atoms. The van der Waals surface area contributed by atoms with Crippen LogP contribution in [0.4, 0.5) is 14.9 Å². The Balaban J connectivity index is 1.34. The van der Waals surface area contributed by atoms with Crippen LogP contribution in [-0.2, 0) is 0 Å². The maximum atomic E-state index is 15.3. The van der Waals surface area contributed by atoms with Gasteiger partial charge < -0.3 is 25.0 Å². The molecule has 3 aromatic heterocycles. The highest BCUT2D eigenvalue weighted by atomic mass is 32.1. The fourth-order valence-electron chi connectivity index (χ4n) is 4.91. The van der Waals surface area contributed by atoms with Crippen LogP contribution in [0.15, 0.2) is 48.8 Å². The standard InChI is InChI=1S/C33H35FN6O6S/c1-17-11-21(29-25(12-17)38-28(45-6)16-37-29)31-39-24-13-22(34)26(14-27(24)47-31)46-19(3)18(2)40(32(42)43)20-7-8-23(36-15-20)30(41)35-10-9-33(4,5)44/h7-8,11-16,18-19,44H,9-10H2,1-6H3,(H,35,41)(H,42,43)/t18?,19-/m0/s1. The van der Waals surface area contributed by atoms with Crippen molar-refractivity contribution in [2.75, 3.05) is 18.6 Å². The SMILES string of the molecule is COc1cnc2c(-c3nc4cc(F)c(O[C@@H](C)C(C)N(C(=O)O)c5ccc(C(=O)NCCC(C)(C)O)nc5)cc4s3)cc(C)cc2n1. The second-order valence-corrected chi connectivity index (χ2v) is 12.8. The molecule has 5 aromatic rings. The molecule has 1 unspecified atom stereocenters. The number of ether oxygens (including phenoxy) is 2. The number of aromatic nitrogens is 4. The van der Waals surface area contributed by atoms with E-state index in [1.54, 1.807) is 33.8 Å². The van der Waals surface area contributed by atoms with Crippen LogP contribution in [0.5, 0.6) is 11.6 Å². The Morgan fingerprint density at radius 2 is 1.85 bits per heavy atom. The summed E-state index contributed by atoms with van der Waals surface area (Å²) in [4.78, 5) is 43.6. The zero-order valence-corrected chi connectivity index (χ0v) is 27.6. The van der Waals surface area contributed by atoms with E-state index in [1.165, 1.54) is 49.0 Å². The van der Waals surface area contributed by atoms with Crippen LogP contribution in [0.3, 0.4) is 0 Å². The topological polar surface area (TPSA) is 160 Å². The molecule has 2 atom stereocenters. The number of fused-ring (bicyclic) bond motifs is 2. The number of amides is 2. The summed E-state index contributed by atoms with van der Waals surface area (Å²) in [5.41, 5.74) is 2.80. The molecule has 0 saturated heterocycles. The van der Waals surface area contributed by atoms with E-state index in [9.17, 15) is 19.8 Å². The number of halogens is 1. The number of anilines is 1. The number of hydrogen-bond acceptors (Lipinski definition) is 10. The molecule has 5 rings (SSSR count). The van der Waals surface area contributed by atoms with Crippen molar-refractivity contribution in [3.63, 3.8) is 0 Å². The van der Waals surface area contributed by atoms with Gasteiger partial charge in [0.15, 0.2) is 11.6 Å². The molecular formula is C33H35FN6O6S. The van der Waals surface area contributed by atoms with Gasteiger partial charge in [-0.3, -0.25) is 9.69 Å². The predicted molar refractivity (Wildman–Crippen MR) is 177 cm³/mol. The van der Waals surface area contributed by atoms with Crippen LogP contribution in [-0.4, -0.2) is 73.6 Å². The van der Waals surface area contributed by atoms with Crippen LogP contribution in [0.2, 0.25) is 0 Å². The van der Waals surface area contributed by atoms with Crippen molar-refractivity contribution in [3.05, 3.63) is 65.9 Å². The predicted octanol–water partition coefficient (Wildman–Crippen LogP) is 5.99. The Bertz CT molecular complexity index is 1940. The maximum absolute atomic E-state index is 15.3. The fourth-order valence-corrected chi connectivity index (χ4v) is 5.90. The highest BCUT2D eigenvalue weighted by molar-refractivity contribution is 7.21. The third kappa shape index (κ3) is 7.55. The molecule has 246 valence electrons. The molecule has 47 heavy (non-hydrogen) atoms. The Morgan fingerprint density at radius 3 is 2.51 bits per heavy atom. The van der Waals surface area contributed by atoms with E-state index >= 15 is 4.39 Å². The van der Waals surface area contributed by atoms with Gasteiger partial charge in [-0.2, -0.15) is 0 Å². The van der Waals surface area contributed by atoms with Gasteiger partial charge in [-0.05, 0) is 70.9 Å².